The Labute approximate surface area is 246 Å². The summed E-state index contributed by atoms with van der Waals surface area (Å²) >= 11 is 1.27. The number of aromatic nitrogens is 4. The third kappa shape index (κ3) is 7.30. The van der Waals surface area contributed by atoms with Crippen LogP contribution in [0.3, 0.4) is 0 Å². The molecular weight excluding hydrogens is 530 g/mol. The predicted octanol–water partition coefficient (Wildman–Crippen LogP) is 7.12. The molecule has 0 radical (unpaired) electrons. The maximum absolute atomic E-state index is 6.08. The van der Waals surface area contributed by atoms with E-state index < -0.39 is 0 Å². The van der Waals surface area contributed by atoms with Gasteiger partial charge in [0, 0.05) is 52.8 Å². The lowest BCUT2D eigenvalue weighted by Gasteiger charge is -2.26. The van der Waals surface area contributed by atoms with Gasteiger partial charge in [-0.1, -0.05) is 50.6 Å². The standard InChI is InChI=1S/C28H28N6OS.C2H5N.C2H6/c29-36-26-10-9-23(22-6-2-3-7-24(22)26)25-18-32-34-19-21(17-31-28(25)34)20-8-11-27(30-16-20)35-15-14-33-12-4-1-5-13-33;1-2-3;1-2/h2-3,6-11,16-19H,1,4-5,12-15,29H2;2-3H,1H3;1-2H3. The van der Waals surface area contributed by atoms with E-state index in [1.165, 1.54) is 50.5 Å². The van der Waals surface area contributed by atoms with Gasteiger partial charge < -0.3 is 10.1 Å². The Kier molecular flexibility index (Phi) is 11.2. The molecule has 214 valence electrons. The summed E-state index contributed by atoms with van der Waals surface area (Å²) in [6.07, 6.45) is 12.8. The van der Waals surface area contributed by atoms with Crippen LogP contribution in [0.2, 0.25) is 0 Å². The molecule has 2 aromatic carbocycles. The van der Waals surface area contributed by atoms with Gasteiger partial charge >= 0.3 is 0 Å². The minimum Gasteiger partial charge on any atom is -0.476 e. The molecule has 0 amide bonds. The minimum atomic E-state index is 0.650. The molecule has 1 aliphatic rings. The number of benzene rings is 2. The van der Waals surface area contributed by atoms with Crippen LogP contribution in [0.4, 0.5) is 0 Å². The van der Waals surface area contributed by atoms with Gasteiger partial charge in [0.2, 0.25) is 5.88 Å². The number of pyridine rings is 1. The summed E-state index contributed by atoms with van der Waals surface area (Å²) in [7, 11) is 0. The van der Waals surface area contributed by atoms with Gasteiger partial charge in [0.1, 0.15) is 6.61 Å². The summed E-state index contributed by atoms with van der Waals surface area (Å²) in [5, 5.41) is 18.8. The third-order valence-corrected chi connectivity index (χ3v) is 7.44. The van der Waals surface area contributed by atoms with E-state index in [0.29, 0.717) is 12.5 Å². The SMILES string of the molecule is CC.CC=N.NSc1ccc(-c2cnn3cc(-c4ccc(OCCN5CCCCC5)nc4)cnc23)c2ccccc12. The molecule has 4 heterocycles. The third-order valence-electron chi connectivity index (χ3n) is 6.83. The van der Waals surface area contributed by atoms with Gasteiger partial charge in [-0.2, -0.15) is 5.10 Å². The molecular formula is C32H39N7OS. The van der Waals surface area contributed by atoms with E-state index in [0.717, 1.165) is 50.1 Å². The lowest BCUT2D eigenvalue weighted by atomic mass is 10.00. The number of nitrogens with two attached hydrogens (primary N) is 1. The number of nitrogens with one attached hydrogen (secondary N) is 1. The van der Waals surface area contributed by atoms with E-state index in [1.807, 2.05) is 67.4 Å². The second kappa shape index (κ2) is 15.3. The molecule has 8 nitrogen and oxygen atoms in total. The van der Waals surface area contributed by atoms with Crippen molar-refractivity contribution in [2.45, 2.75) is 44.9 Å². The Morgan fingerprint density at radius 1 is 0.902 bits per heavy atom. The first-order chi connectivity index (χ1) is 20.2. The molecule has 1 saturated heterocycles. The van der Waals surface area contributed by atoms with Gasteiger partial charge in [-0.3, -0.25) is 10.0 Å². The smallest absolute Gasteiger partial charge is 0.213 e. The number of rotatable bonds is 7. The van der Waals surface area contributed by atoms with Crippen molar-refractivity contribution in [2.75, 3.05) is 26.2 Å². The molecule has 3 aromatic heterocycles. The van der Waals surface area contributed by atoms with Crippen molar-refractivity contribution in [3.63, 3.8) is 0 Å². The molecule has 5 aromatic rings. The van der Waals surface area contributed by atoms with Crippen molar-refractivity contribution >= 4 is 34.6 Å². The Hall–Kier alpha value is -3.79. The van der Waals surface area contributed by atoms with Gasteiger partial charge in [-0.05, 0) is 79.5 Å². The molecule has 1 fully saturated rings. The topological polar surface area (TPSA) is 105 Å². The molecule has 0 atom stereocenters. The highest BCUT2D eigenvalue weighted by atomic mass is 32.2. The van der Waals surface area contributed by atoms with E-state index in [4.69, 9.17) is 20.3 Å². The predicted molar refractivity (Wildman–Crippen MR) is 171 cm³/mol. The quantitative estimate of drug-likeness (QED) is 0.159. The first kappa shape index (κ1) is 30.2. The van der Waals surface area contributed by atoms with E-state index in [9.17, 15) is 0 Å². The van der Waals surface area contributed by atoms with Crippen molar-refractivity contribution in [1.29, 1.82) is 5.41 Å². The summed E-state index contributed by atoms with van der Waals surface area (Å²) in [6, 6.07) is 16.4. The minimum absolute atomic E-state index is 0.650. The van der Waals surface area contributed by atoms with Gasteiger partial charge in [0.15, 0.2) is 5.65 Å². The highest BCUT2D eigenvalue weighted by molar-refractivity contribution is 7.97. The van der Waals surface area contributed by atoms with Crippen LogP contribution >= 0.6 is 11.9 Å². The zero-order valence-electron chi connectivity index (χ0n) is 24.1. The van der Waals surface area contributed by atoms with Crippen molar-refractivity contribution in [2.24, 2.45) is 5.14 Å². The summed E-state index contributed by atoms with van der Waals surface area (Å²) in [4.78, 5) is 12.8. The first-order valence-corrected chi connectivity index (χ1v) is 15.1. The Bertz CT molecular complexity index is 1550. The molecule has 0 aliphatic carbocycles. The number of likely N-dealkylation sites (tertiary alicyclic amines) is 1. The molecule has 0 saturated carbocycles. The highest BCUT2D eigenvalue weighted by Gasteiger charge is 2.14. The number of nitrogens with zero attached hydrogens (tertiary/aromatic N) is 5. The number of fused-ring (bicyclic) bond motifs is 2. The molecule has 0 spiro atoms. The van der Waals surface area contributed by atoms with Crippen LogP contribution in [0.5, 0.6) is 5.88 Å². The van der Waals surface area contributed by atoms with Gasteiger partial charge in [0.05, 0.1) is 6.20 Å². The number of hydrogen-bond acceptors (Lipinski definition) is 8. The van der Waals surface area contributed by atoms with Crippen LogP contribution < -0.4 is 9.88 Å². The fourth-order valence-corrected chi connectivity index (χ4v) is 5.37. The lowest BCUT2D eigenvalue weighted by molar-refractivity contribution is 0.180. The molecule has 0 bridgehead atoms. The van der Waals surface area contributed by atoms with Crippen molar-refractivity contribution in [1.82, 2.24) is 24.5 Å². The van der Waals surface area contributed by atoms with E-state index in [-0.39, 0.29) is 0 Å². The van der Waals surface area contributed by atoms with Crippen LogP contribution in [0.15, 0.2) is 78.2 Å². The van der Waals surface area contributed by atoms with Gasteiger partial charge in [-0.15, -0.1) is 0 Å². The summed E-state index contributed by atoms with van der Waals surface area (Å²) in [5.74, 6) is 0.650. The summed E-state index contributed by atoms with van der Waals surface area (Å²) < 4.78 is 7.71. The Morgan fingerprint density at radius 3 is 2.34 bits per heavy atom. The highest BCUT2D eigenvalue weighted by Crippen LogP contribution is 2.35. The van der Waals surface area contributed by atoms with Crippen LogP contribution in [-0.2, 0) is 0 Å². The number of hydrogen-bond donors (Lipinski definition) is 2. The molecule has 9 heteroatoms. The molecule has 6 rings (SSSR count). The van der Waals surface area contributed by atoms with Crippen LogP contribution in [-0.4, -0.2) is 56.9 Å². The largest absolute Gasteiger partial charge is 0.476 e. The van der Waals surface area contributed by atoms with Crippen LogP contribution in [0.1, 0.15) is 40.0 Å². The van der Waals surface area contributed by atoms with E-state index in [2.05, 4.69) is 39.2 Å². The van der Waals surface area contributed by atoms with E-state index >= 15 is 0 Å². The van der Waals surface area contributed by atoms with Gasteiger partial charge in [-0.25, -0.2) is 14.5 Å². The second-order valence-electron chi connectivity index (χ2n) is 9.37. The Morgan fingerprint density at radius 2 is 1.63 bits per heavy atom. The summed E-state index contributed by atoms with van der Waals surface area (Å²) in [6.45, 7) is 9.63. The fourth-order valence-electron chi connectivity index (χ4n) is 4.92. The maximum Gasteiger partial charge on any atom is 0.213 e. The fraction of sp³-hybridized carbons (Fsp3) is 0.312. The maximum atomic E-state index is 6.08. The van der Waals surface area contributed by atoms with Crippen molar-refractivity contribution in [3.05, 3.63) is 73.3 Å². The molecule has 0 unspecified atom stereocenters. The average Bonchev–Trinajstić information content (AvgIpc) is 3.46. The van der Waals surface area contributed by atoms with E-state index in [1.54, 1.807) is 6.92 Å². The lowest BCUT2D eigenvalue weighted by Crippen LogP contribution is -2.33. The monoisotopic (exact) mass is 569 g/mol. The number of ether oxygens (including phenoxy) is 1. The average molecular weight is 570 g/mol. The summed E-state index contributed by atoms with van der Waals surface area (Å²) in [5.41, 5.74) is 4.81. The van der Waals surface area contributed by atoms with Crippen molar-refractivity contribution in [3.8, 4) is 28.1 Å². The molecule has 1 aliphatic heterocycles. The second-order valence-corrected chi connectivity index (χ2v) is 10.0. The molecule has 3 N–H and O–H groups in total. The first-order valence-electron chi connectivity index (χ1n) is 14.2. The zero-order valence-corrected chi connectivity index (χ0v) is 24.9. The van der Waals surface area contributed by atoms with Crippen molar-refractivity contribution < 1.29 is 4.74 Å². The Balaban J connectivity index is 0.000000728. The van der Waals surface area contributed by atoms with Crippen LogP contribution in [0, 0.1) is 5.41 Å². The van der Waals surface area contributed by atoms with Gasteiger partial charge in [0.25, 0.3) is 0 Å². The zero-order chi connectivity index (χ0) is 29.0. The van der Waals surface area contributed by atoms with Crippen LogP contribution in [0.25, 0.3) is 38.7 Å². The normalized spacial score (nSPS) is 13.2. The number of piperidine rings is 1. The molecule has 41 heavy (non-hydrogen) atoms.